The number of aromatic nitrogens is 2. The van der Waals surface area contributed by atoms with E-state index in [0.29, 0.717) is 18.9 Å². The number of benzene rings is 1. The quantitative estimate of drug-likeness (QED) is 0.835. The molecule has 4 rings (SSSR count). The first kappa shape index (κ1) is 17.8. The molecule has 0 bridgehead atoms. The molecule has 1 unspecified atom stereocenters. The molecule has 1 atom stereocenters. The number of piperidine rings is 1. The van der Waals surface area contributed by atoms with Crippen LogP contribution in [0, 0.1) is 18.8 Å². The number of aryl methyl sites for hydroxylation is 1. The summed E-state index contributed by atoms with van der Waals surface area (Å²) in [4.78, 5) is 29.1. The van der Waals surface area contributed by atoms with Crippen LogP contribution in [-0.4, -0.2) is 46.1 Å². The molecule has 1 aromatic carbocycles. The van der Waals surface area contributed by atoms with Crippen molar-refractivity contribution in [2.45, 2.75) is 32.7 Å². The molecule has 142 valence electrons. The van der Waals surface area contributed by atoms with E-state index in [1.807, 2.05) is 53.0 Å². The fourth-order valence-electron chi connectivity index (χ4n) is 4.11. The summed E-state index contributed by atoms with van der Waals surface area (Å²) in [5.41, 5.74) is 2.05. The molecule has 0 saturated carbocycles. The predicted molar refractivity (Wildman–Crippen MR) is 103 cm³/mol. The van der Waals surface area contributed by atoms with Crippen molar-refractivity contribution in [3.05, 3.63) is 48.3 Å². The molecule has 3 heterocycles. The maximum absolute atomic E-state index is 12.9. The van der Waals surface area contributed by atoms with E-state index in [4.69, 9.17) is 0 Å². The van der Waals surface area contributed by atoms with Gasteiger partial charge in [0.1, 0.15) is 0 Å². The fraction of sp³-hybridized carbons (Fsp3) is 0.476. The minimum atomic E-state index is -0.221. The maximum Gasteiger partial charge on any atom is 0.228 e. The van der Waals surface area contributed by atoms with Gasteiger partial charge in [0.15, 0.2) is 0 Å². The predicted octanol–water partition coefficient (Wildman–Crippen LogP) is 2.48. The lowest BCUT2D eigenvalue weighted by Crippen LogP contribution is -2.43. The second-order valence-corrected chi connectivity index (χ2v) is 7.74. The van der Waals surface area contributed by atoms with Gasteiger partial charge in [-0.3, -0.25) is 14.3 Å². The highest BCUT2D eigenvalue weighted by atomic mass is 16.2. The largest absolute Gasteiger partial charge is 0.342 e. The molecule has 6 heteroatoms. The van der Waals surface area contributed by atoms with Gasteiger partial charge in [-0.15, -0.1) is 0 Å². The van der Waals surface area contributed by atoms with Crippen molar-refractivity contribution >= 4 is 17.5 Å². The summed E-state index contributed by atoms with van der Waals surface area (Å²) in [7, 11) is 0. The zero-order chi connectivity index (χ0) is 18.8. The number of anilines is 1. The van der Waals surface area contributed by atoms with E-state index in [1.165, 1.54) is 0 Å². The average molecular weight is 366 g/mol. The fourth-order valence-corrected chi connectivity index (χ4v) is 4.11. The normalized spacial score (nSPS) is 21.1. The minimum absolute atomic E-state index is 0.0470. The number of carbonyl (C=O) groups is 2. The third kappa shape index (κ3) is 3.89. The van der Waals surface area contributed by atoms with E-state index in [0.717, 1.165) is 43.7 Å². The molecule has 0 spiro atoms. The number of rotatable bonds is 4. The molecule has 0 N–H and O–H groups in total. The second kappa shape index (κ2) is 7.55. The average Bonchev–Trinajstić information content (AvgIpc) is 3.32. The van der Waals surface area contributed by atoms with E-state index >= 15 is 0 Å². The van der Waals surface area contributed by atoms with Crippen molar-refractivity contribution < 1.29 is 9.59 Å². The van der Waals surface area contributed by atoms with E-state index in [-0.39, 0.29) is 17.7 Å². The first-order valence-corrected chi connectivity index (χ1v) is 9.73. The van der Waals surface area contributed by atoms with Gasteiger partial charge in [-0.25, -0.2) is 0 Å². The number of amides is 2. The number of carbonyl (C=O) groups excluding carboxylic acids is 2. The Morgan fingerprint density at radius 3 is 2.59 bits per heavy atom. The van der Waals surface area contributed by atoms with Gasteiger partial charge < -0.3 is 9.80 Å². The monoisotopic (exact) mass is 366 g/mol. The van der Waals surface area contributed by atoms with Crippen molar-refractivity contribution in [2.75, 3.05) is 24.5 Å². The van der Waals surface area contributed by atoms with Crippen LogP contribution in [0.4, 0.5) is 5.69 Å². The maximum atomic E-state index is 12.9. The summed E-state index contributed by atoms with van der Waals surface area (Å²) in [6.07, 6.45) is 6.10. The number of likely N-dealkylation sites (tertiary alicyclic amines) is 1. The summed E-state index contributed by atoms with van der Waals surface area (Å²) in [5, 5.41) is 4.27. The van der Waals surface area contributed by atoms with E-state index < -0.39 is 0 Å². The molecule has 6 nitrogen and oxygen atoms in total. The Labute approximate surface area is 159 Å². The Morgan fingerprint density at radius 2 is 1.93 bits per heavy atom. The molecule has 2 aromatic rings. The van der Waals surface area contributed by atoms with Crippen LogP contribution in [-0.2, 0) is 16.1 Å². The highest BCUT2D eigenvalue weighted by molar-refractivity contribution is 6.00. The van der Waals surface area contributed by atoms with Gasteiger partial charge in [-0.05, 0) is 43.9 Å². The molecule has 2 fully saturated rings. The zero-order valence-corrected chi connectivity index (χ0v) is 15.8. The third-order valence-corrected chi connectivity index (χ3v) is 5.75. The van der Waals surface area contributed by atoms with Gasteiger partial charge in [0.05, 0.1) is 5.92 Å². The molecule has 27 heavy (non-hydrogen) atoms. The van der Waals surface area contributed by atoms with Crippen LogP contribution in [0.2, 0.25) is 0 Å². The van der Waals surface area contributed by atoms with Gasteiger partial charge in [0, 0.05) is 50.7 Å². The molecule has 1 aromatic heterocycles. The first-order chi connectivity index (χ1) is 13.1. The highest BCUT2D eigenvalue weighted by Crippen LogP contribution is 2.28. The van der Waals surface area contributed by atoms with E-state index in [9.17, 15) is 9.59 Å². The SMILES string of the molecule is Cc1ccc(N2CC(C(=O)N3CCC(Cn4cccn4)CC3)CC2=O)cc1. The first-order valence-electron chi connectivity index (χ1n) is 9.73. The standard InChI is InChI=1S/C21H26N4O2/c1-16-3-5-19(6-4-16)25-15-18(13-20(25)26)21(27)23-11-7-17(8-12-23)14-24-10-2-9-22-24/h2-6,9-10,17-18H,7-8,11-15H2,1H3. The number of hydrogen-bond acceptors (Lipinski definition) is 3. The van der Waals surface area contributed by atoms with Crippen LogP contribution < -0.4 is 4.90 Å². The molecule has 2 amide bonds. The van der Waals surface area contributed by atoms with Crippen LogP contribution in [0.25, 0.3) is 0 Å². The van der Waals surface area contributed by atoms with Crippen molar-refractivity contribution in [3.8, 4) is 0 Å². The van der Waals surface area contributed by atoms with Gasteiger partial charge in [-0.2, -0.15) is 5.10 Å². The van der Waals surface area contributed by atoms with Gasteiger partial charge in [0.2, 0.25) is 11.8 Å². The molecular formula is C21H26N4O2. The lowest BCUT2D eigenvalue weighted by molar-refractivity contribution is -0.137. The van der Waals surface area contributed by atoms with Crippen molar-refractivity contribution in [1.29, 1.82) is 0 Å². The van der Waals surface area contributed by atoms with Crippen LogP contribution >= 0.6 is 0 Å². The number of hydrogen-bond donors (Lipinski definition) is 0. The molecule has 2 aliphatic rings. The highest BCUT2D eigenvalue weighted by Gasteiger charge is 2.38. The number of nitrogens with zero attached hydrogens (tertiary/aromatic N) is 4. The van der Waals surface area contributed by atoms with Gasteiger partial charge >= 0.3 is 0 Å². The minimum Gasteiger partial charge on any atom is -0.342 e. The molecule has 0 radical (unpaired) electrons. The lowest BCUT2D eigenvalue weighted by Gasteiger charge is -2.33. The third-order valence-electron chi connectivity index (χ3n) is 5.75. The van der Waals surface area contributed by atoms with Crippen molar-refractivity contribution in [3.63, 3.8) is 0 Å². The van der Waals surface area contributed by atoms with Crippen LogP contribution in [0.5, 0.6) is 0 Å². The topological polar surface area (TPSA) is 58.4 Å². The van der Waals surface area contributed by atoms with E-state index in [2.05, 4.69) is 5.10 Å². The Morgan fingerprint density at radius 1 is 1.19 bits per heavy atom. The van der Waals surface area contributed by atoms with Crippen molar-refractivity contribution in [1.82, 2.24) is 14.7 Å². The van der Waals surface area contributed by atoms with Crippen molar-refractivity contribution in [2.24, 2.45) is 11.8 Å². The summed E-state index contributed by atoms with van der Waals surface area (Å²) in [6.45, 7) is 4.99. The van der Waals surface area contributed by atoms with E-state index in [1.54, 1.807) is 11.1 Å². The van der Waals surface area contributed by atoms with Gasteiger partial charge in [-0.1, -0.05) is 17.7 Å². The summed E-state index contributed by atoms with van der Waals surface area (Å²) < 4.78 is 1.97. The molecular weight excluding hydrogens is 340 g/mol. The van der Waals surface area contributed by atoms with Crippen LogP contribution in [0.1, 0.15) is 24.8 Å². The Balaban J connectivity index is 1.32. The molecule has 2 saturated heterocycles. The van der Waals surface area contributed by atoms with Gasteiger partial charge in [0.25, 0.3) is 0 Å². The Bertz CT molecular complexity index is 792. The molecule has 2 aliphatic heterocycles. The zero-order valence-electron chi connectivity index (χ0n) is 15.8. The summed E-state index contributed by atoms with van der Waals surface area (Å²) >= 11 is 0. The lowest BCUT2D eigenvalue weighted by atomic mass is 9.95. The Hall–Kier alpha value is -2.63. The van der Waals surface area contributed by atoms with Crippen LogP contribution in [0.3, 0.4) is 0 Å². The van der Waals surface area contributed by atoms with Crippen LogP contribution in [0.15, 0.2) is 42.7 Å². The second-order valence-electron chi connectivity index (χ2n) is 7.74. The smallest absolute Gasteiger partial charge is 0.228 e. The summed E-state index contributed by atoms with van der Waals surface area (Å²) in [6, 6.07) is 9.86. The molecule has 0 aliphatic carbocycles. The Kier molecular flexibility index (Phi) is 4.97. The summed E-state index contributed by atoms with van der Waals surface area (Å²) in [5.74, 6) is 0.519.